The number of hydrogen-bond donors (Lipinski definition) is 0. The van der Waals surface area contributed by atoms with E-state index in [1.165, 1.54) is 19.3 Å². The van der Waals surface area contributed by atoms with Gasteiger partial charge in [-0.25, -0.2) is 0 Å². The Morgan fingerprint density at radius 1 is 1.00 bits per heavy atom. The van der Waals surface area contributed by atoms with Crippen LogP contribution in [-0.4, -0.2) is 5.88 Å². The van der Waals surface area contributed by atoms with Crippen LogP contribution in [0.3, 0.4) is 0 Å². The van der Waals surface area contributed by atoms with Crippen molar-refractivity contribution in [3.05, 3.63) is 11.6 Å². The molecule has 0 aromatic heterocycles. The van der Waals surface area contributed by atoms with E-state index >= 15 is 0 Å². The maximum atomic E-state index is 5.51. The largest absolute Gasteiger partial charge is 0.127 e. The molecule has 0 nitrogen and oxygen atoms in total. The summed E-state index contributed by atoms with van der Waals surface area (Å²) in [7, 11) is 0. The van der Waals surface area contributed by atoms with Gasteiger partial charge in [-0.2, -0.15) is 0 Å². The van der Waals surface area contributed by atoms with Crippen molar-refractivity contribution >= 4 is 23.2 Å². The zero-order valence-corrected chi connectivity index (χ0v) is 7.67. The molecule has 10 heavy (non-hydrogen) atoms. The molecule has 0 spiro atoms. The zero-order chi connectivity index (χ0) is 7.66. The first kappa shape index (κ1) is 10.3. The molecule has 0 aromatic carbocycles. The third kappa shape index (κ3) is 8.32. The van der Waals surface area contributed by atoms with Crippen LogP contribution in [-0.2, 0) is 0 Å². The number of alkyl halides is 1. The number of allylic oxidation sites excluding steroid dienone is 1. The van der Waals surface area contributed by atoms with Gasteiger partial charge in [-0.15, -0.1) is 11.6 Å². The minimum Gasteiger partial charge on any atom is -0.127 e. The fourth-order valence-corrected chi connectivity index (χ4v) is 1.09. The Bertz CT molecular complexity index is 79.3. The summed E-state index contributed by atoms with van der Waals surface area (Å²) in [4.78, 5) is 0. The molecule has 0 unspecified atom stereocenters. The summed E-state index contributed by atoms with van der Waals surface area (Å²) in [6, 6.07) is 0. The van der Waals surface area contributed by atoms with Crippen LogP contribution in [0.25, 0.3) is 0 Å². The summed E-state index contributed by atoms with van der Waals surface area (Å²) in [5, 5.41) is 0. The quantitative estimate of drug-likeness (QED) is 0.430. The number of hydrogen-bond acceptors (Lipinski definition) is 0. The van der Waals surface area contributed by atoms with Crippen LogP contribution in [0.4, 0.5) is 0 Å². The van der Waals surface area contributed by atoms with Gasteiger partial charge in [0, 0.05) is 11.4 Å². The van der Waals surface area contributed by atoms with E-state index in [1.807, 2.05) is 6.08 Å². The van der Waals surface area contributed by atoms with E-state index < -0.39 is 0 Å². The molecular formula is C8H14Cl2. The normalized spacial score (nSPS) is 11.0. The third-order valence-electron chi connectivity index (χ3n) is 1.34. The van der Waals surface area contributed by atoms with Gasteiger partial charge in [0.1, 0.15) is 0 Å². The van der Waals surface area contributed by atoms with Crippen LogP contribution in [0, 0.1) is 0 Å². The highest BCUT2D eigenvalue weighted by molar-refractivity contribution is 6.25. The predicted molar refractivity (Wildman–Crippen MR) is 48.8 cm³/mol. The van der Waals surface area contributed by atoms with Gasteiger partial charge in [0.15, 0.2) is 0 Å². The molecular weight excluding hydrogens is 167 g/mol. The molecule has 0 saturated heterocycles. The highest BCUT2D eigenvalue weighted by Crippen LogP contribution is 2.04. The van der Waals surface area contributed by atoms with Crippen molar-refractivity contribution in [3.8, 4) is 0 Å². The van der Waals surface area contributed by atoms with Gasteiger partial charge in [0.05, 0.1) is 0 Å². The van der Waals surface area contributed by atoms with Crippen molar-refractivity contribution in [2.24, 2.45) is 0 Å². The van der Waals surface area contributed by atoms with Crippen molar-refractivity contribution in [3.63, 3.8) is 0 Å². The summed E-state index contributed by atoms with van der Waals surface area (Å²) in [6.45, 7) is 0. The first-order chi connectivity index (χ1) is 4.91. The van der Waals surface area contributed by atoms with Crippen molar-refractivity contribution in [1.82, 2.24) is 0 Å². The average molecular weight is 181 g/mol. The van der Waals surface area contributed by atoms with Crippen LogP contribution in [0.5, 0.6) is 0 Å². The molecule has 2 heteroatoms. The van der Waals surface area contributed by atoms with Gasteiger partial charge in [0.25, 0.3) is 0 Å². The summed E-state index contributed by atoms with van der Waals surface area (Å²) in [6.07, 6.45) is 7.99. The van der Waals surface area contributed by atoms with E-state index in [0.29, 0.717) is 0 Å². The third-order valence-corrected chi connectivity index (χ3v) is 1.79. The van der Waals surface area contributed by atoms with Crippen molar-refractivity contribution < 1.29 is 0 Å². The standard InChI is InChI=1S/C8H14Cl2/c9-7-5-3-1-2-4-6-8-10/h5,7H,1-4,6,8H2. The van der Waals surface area contributed by atoms with Crippen LogP contribution in [0.1, 0.15) is 32.1 Å². The molecule has 0 rings (SSSR count). The second-order valence-electron chi connectivity index (χ2n) is 2.25. The van der Waals surface area contributed by atoms with Crippen LogP contribution >= 0.6 is 23.2 Å². The molecule has 0 saturated carbocycles. The minimum atomic E-state index is 0.797. The van der Waals surface area contributed by atoms with Gasteiger partial charge in [0.2, 0.25) is 0 Å². The van der Waals surface area contributed by atoms with Crippen LogP contribution in [0.15, 0.2) is 11.6 Å². The second-order valence-corrected chi connectivity index (χ2v) is 2.88. The maximum Gasteiger partial charge on any atom is 0.0223 e. The Labute approximate surface area is 73.2 Å². The van der Waals surface area contributed by atoms with Crippen LogP contribution < -0.4 is 0 Å². The number of halogens is 2. The Morgan fingerprint density at radius 2 is 1.70 bits per heavy atom. The van der Waals surface area contributed by atoms with Crippen molar-refractivity contribution in [2.45, 2.75) is 32.1 Å². The Balaban J connectivity index is 2.77. The SMILES string of the molecule is ClC=CCCCCCCCl. The molecule has 0 aliphatic heterocycles. The zero-order valence-electron chi connectivity index (χ0n) is 6.15. The first-order valence-corrected chi connectivity index (χ1v) is 4.70. The molecule has 0 fully saturated rings. The lowest BCUT2D eigenvalue weighted by atomic mass is 10.2. The van der Waals surface area contributed by atoms with E-state index in [9.17, 15) is 0 Å². The molecule has 0 amide bonds. The van der Waals surface area contributed by atoms with E-state index in [0.717, 1.165) is 18.7 Å². The van der Waals surface area contributed by atoms with E-state index in [2.05, 4.69) is 0 Å². The fourth-order valence-electron chi connectivity index (χ4n) is 0.773. The number of unbranched alkanes of at least 4 members (excludes halogenated alkanes) is 4. The summed E-state index contributed by atoms with van der Waals surface area (Å²) < 4.78 is 0. The fraction of sp³-hybridized carbons (Fsp3) is 0.750. The van der Waals surface area contributed by atoms with Crippen LogP contribution in [0.2, 0.25) is 0 Å². The summed E-state index contributed by atoms with van der Waals surface area (Å²) in [5.41, 5.74) is 1.58. The molecule has 0 N–H and O–H groups in total. The molecule has 0 atom stereocenters. The van der Waals surface area contributed by atoms with Gasteiger partial charge in [-0.3, -0.25) is 0 Å². The Morgan fingerprint density at radius 3 is 2.30 bits per heavy atom. The Hall–Kier alpha value is 0.320. The molecule has 0 aliphatic rings. The summed E-state index contributed by atoms with van der Waals surface area (Å²) in [5.74, 6) is 0.797. The maximum absolute atomic E-state index is 5.51. The second kappa shape index (κ2) is 9.32. The van der Waals surface area contributed by atoms with Gasteiger partial charge < -0.3 is 0 Å². The topological polar surface area (TPSA) is 0 Å². The number of rotatable bonds is 6. The lowest BCUT2D eigenvalue weighted by molar-refractivity contribution is 0.677. The van der Waals surface area contributed by atoms with Gasteiger partial charge >= 0.3 is 0 Å². The van der Waals surface area contributed by atoms with Gasteiger partial charge in [-0.1, -0.05) is 30.5 Å². The summed E-state index contributed by atoms with van der Waals surface area (Å²) >= 11 is 10.8. The molecule has 0 radical (unpaired) electrons. The molecule has 60 valence electrons. The van der Waals surface area contributed by atoms with Crippen molar-refractivity contribution in [2.75, 3.05) is 5.88 Å². The van der Waals surface area contributed by atoms with Gasteiger partial charge in [-0.05, 0) is 19.3 Å². The average Bonchev–Trinajstić information content (AvgIpc) is 1.97. The first-order valence-electron chi connectivity index (χ1n) is 3.73. The lowest BCUT2D eigenvalue weighted by Crippen LogP contribution is -1.77. The smallest absolute Gasteiger partial charge is 0.0223 e. The highest BCUT2D eigenvalue weighted by atomic mass is 35.5. The molecule has 0 bridgehead atoms. The lowest BCUT2D eigenvalue weighted by Gasteiger charge is -1.94. The van der Waals surface area contributed by atoms with Crippen molar-refractivity contribution in [1.29, 1.82) is 0 Å². The van der Waals surface area contributed by atoms with E-state index in [-0.39, 0.29) is 0 Å². The minimum absolute atomic E-state index is 0.797. The molecule has 0 aliphatic carbocycles. The highest BCUT2D eigenvalue weighted by Gasteiger charge is 1.85. The molecule has 0 aromatic rings. The Kier molecular flexibility index (Phi) is 9.62. The molecule has 0 heterocycles. The van der Waals surface area contributed by atoms with E-state index in [1.54, 1.807) is 5.54 Å². The monoisotopic (exact) mass is 180 g/mol. The predicted octanol–water partition coefficient (Wildman–Crippen LogP) is 3.93. The van der Waals surface area contributed by atoms with E-state index in [4.69, 9.17) is 23.2 Å².